The smallest absolute Gasteiger partial charge is 0.149 e. The molecule has 3 aromatic rings. The predicted molar refractivity (Wildman–Crippen MR) is 77.8 cm³/mol. The van der Waals surface area contributed by atoms with Crippen molar-refractivity contribution in [3.05, 3.63) is 54.2 Å². The van der Waals surface area contributed by atoms with E-state index in [2.05, 4.69) is 50.0 Å². The zero-order chi connectivity index (χ0) is 13.8. The third-order valence-electron chi connectivity index (χ3n) is 2.92. The summed E-state index contributed by atoms with van der Waals surface area (Å²) in [6, 6.07) is 13.7. The van der Waals surface area contributed by atoms with E-state index < -0.39 is 0 Å². The van der Waals surface area contributed by atoms with Crippen LogP contribution in [0, 0.1) is 0 Å². The fraction of sp³-hybridized carbons (Fsp3) is 0.0714. The van der Waals surface area contributed by atoms with E-state index in [1.807, 2.05) is 6.07 Å². The van der Waals surface area contributed by atoms with Crippen LogP contribution in [0.5, 0.6) is 0 Å². The molecule has 0 aliphatic heterocycles. The van der Waals surface area contributed by atoms with E-state index in [0.29, 0.717) is 18.2 Å². The lowest BCUT2D eigenvalue weighted by atomic mass is 10.1. The number of anilines is 2. The van der Waals surface area contributed by atoms with Crippen molar-refractivity contribution in [1.29, 1.82) is 0 Å². The Morgan fingerprint density at radius 1 is 1.00 bits per heavy atom. The van der Waals surface area contributed by atoms with Crippen molar-refractivity contribution in [3.63, 3.8) is 0 Å². The van der Waals surface area contributed by atoms with E-state index in [1.54, 1.807) is 18.3 Å². The van der Waals surface area contributed by atoms with E-state index in [9.17, 15) is 0 Å². The second-order valence-electron chi connectivity index (χ2n) is 4.36. The van der Waals surface area contributed by atoms with Crippen LogP contribution in [-0.4, -0.2) is 20.4 Å². The van der Waals surface area contributed by atoms with Crippen LogP contribution in [0.1, 0.15) is 5.56 Å². The summed E-state index contributed by atoms with van der Waals surface area (Å²) in [4.78, 5) is 0. The van der Waals surface area contributed by atoms with Gasteiger partial charge in [-0.3, -0.25) is 5.10 Å². The van der Waals surface area contributed by atoms with Crippen molar-refractivity contribution in [2.24, 2.45) is 0 Å². The van der Waals surface area contributed by atoms with E-state index in [0.717, 1.165) is 16.8 Å². The van der Waals surface area contributed by atoms with Gasteiger partial charge in [0.05, 0.1) is 5.69 Å². The lowest BCUT2D eigenvalue weighted by Crippen LogP contribution is -2.03. The number of benzene rings is 1. The number of nitrogens with two attached hydrogens (primary N) is 1. The zero-order valence-electron chi connectivity index (χ0n) is 10.7. The minimum Gasteiger partial charge on any atom is -0.382 e. The Morgan fingerprint density at radius 3 is 2.50 bits per heavy atom. The molecule has 20 heavy (non-hydrogen) atoms. The van der Waals surface area contributed by atoms with Gasteiger partial charge in [-0.15, -0.1) is 10.2 Å². The average Bonchev–Trinajstić information content (AvgIpc) is 3.01. The molecule has 6 heteroatoms. The van der Waals surface area contributed by atoms with Crippen LogP contribution < -0.4 is 11.1 Å². The Labute approximate surface area is 116 Å². The van der Waals surface area contributed by atoms with Crippen LogP contribution >= 0.6 is 0 Å². The van der Waals surface area contributed by atoms with Gasteiger partial charge in [-0.2, -0.15) is 5.10 Å². The minimum atomic E-state index is 0.416. The highest BCUT2D eigenvalue weighted by Crippen LogP contribution is 2.17. The van der Waals surface area contributed by atoms with Gasteiger partial charge in [-0.05, 0) is 29.3 Å². The molecule has 0 aliphatic rings. The Morgan fingerprint density at radius 2 is 1.85 bits per heavy atom. The summed E-state index contributed by atoms with van der Waals surface area (Å²) in [7, 11) is 0. The molecular formula is C14H14N6. The maximum Gasteiger partial charge on any atom is 0.149 e. The highest BCUT2D eigenvalue weighted by molar-refractivity contribution is 5.58. The summed E-state index contributed by atoms with van der Waals surface area (Å²) in [5, 5.41) is 17.8. The summed E-state index contributed by atoms with van der Waals surface area (Å²) < 4.78 is 0. The number of hydrogen-bond acceptors (Lipinski definition) is 5. The van der Waals surface area contributed by atoms with E-state index in [1.165, 1.54) is 0 Å². The van der Waals surface area contributed by atoms with Gasteiger partial charge in [0.2, 0.25) is 0 Å². The van der Waals surface area contributed by atoms with Gasteiger partial charge in [0.1, 0.15) is 11.6 Å². The van der Waals surface area contributed by atoms with Gasteiger partial charge >= 0.3 is 0 Å². The highest BCUT2D eigenvalue weighted by Gasteiger charge is 2.00. The first kappa shape index (κ1) is 12.2. The maximum atomic E-state index is 5.49. The van der Waals surface area contributed by atoms with Crippen LogP contribution in [0.15, 0.2) is 48.7 Å². The number of hydrogen-bond donors (Lipinski definition) is 3. The largest absolute Gasteiger partial charge is 0.382 e. The van der Waals surface area contributed by atoms with Gasteiger partial charge < -0.3 is 11.1 Å². The molecule has 0 saturated heterocycles. The number of nitrogen functional groups attached to an aromatic ring is 1. The van der Waals surface area contributed by atoms with E-state index in [4.69, 9.17) is 5.73 Å². The molecular weight excluding hydrogens is 252 g/mol. The molecule has 0 aliphatic carbocycles. The van der Waals surface area contributed by atoms with Gasteiger partial charge in [0.25, 0.3) is 0 Å². The molecule has 0 amide bonds. The van der Waals surface area contributed by atoms with Gasteiger partial charge in [-0.1, -0.05) is 24.3 Å². The molecule has 3 rings (SSSR count). The molecule has 4 N–H and O–H groups in total. The maximum absolute atomic E-state index is 5.49. The van der Waals surface area contributed by atoms with Gasteiger partial charge in [0.15, 0.2) is 0 Å². The zero-order valence-corrected chi connectivity index (χ0v) is 10.7. The molecule has 2 heterocycles. The second kappa shape index (κ2) is 5.40. The molecule has 100 valence electrons. The summed E-state index contributed by atoms with van der Waals surface area (Å²) in [5.74, 6) is 1.12. The van der Waals surface area contributed by atoms with Crippen molar-refractivity contribution in [1.82, 2.24) is 20.4 Å². The third-order valence-corrected chi connectivity index (χ3v) is 2.92. The Balaban J connectivity index is 1.65. The van der Waals surface area contributed by atoms with Crippen molar-refractivity contribution < 1.29 is 0 Å². The van der Waals surface area contributed by atoms with Crippen molar-refractivity contribution >= 4 is 11.6 Å². The molecule has 0 radical (unpaired) electrons. The first-order valence-corrected chi connectivity index (χ1v) is 6.23. The molecule has 0 unspecified atom stereocenters. The number of nitrogens with one attached hydrogen (secondary N) is 2. The molecule has 6 nitrogen and oxygen atoms in total. The average molecular weight is 266 g/mol. The number of H-pyrrole nitrogens is 1. The first-order valence-electron chi connectivity index (χ1n) is 6.23. The molecule has 0 saturated carbocycles. The Hall–Kier alpha value is -2.89. The van der Waals surface area contributed by atoms with Crippen molar-refractivity contribution in [3.8, 4) is 11.3 Å². The van der Waals surface area contributed by atoms with E-state index >= 15 is 0 Å². The number of aromatic nitrogens is 4. The van der Waals surface area contributed by atoms with E-state index in [-0.39, 0.29) is 0 Å². The fourth-order valence-electron chi connectivity index (χ4n) is 1.85. The van der Waals surface area contributed by atoms with Gasteiger partial charge in [0, 0.05) is 12.7 Å². The second-order valence-corrected chi connectivity index (χ2v) is 4.36. The van der Waals surface area contributed by atoms with Crippen LogP contribution in [-0.2, 0) is 6.54 Å². The van der Waals surface area contributed by atoms with Crippen molar-refractivity contribution in [2.45, 2.75) is 6.54 Å². The highest BCUT2D eigenvalue weighted by atomic mass is 15.2. The quantitative estimate of drug-likeness (QED) is 0.672. The SMILES string of the molecule is Nc1ccc(NCc2ccc(-c3ccn[nH]3)cc2)nn1. The van der Waals surface area contributed by atoms with Crippen LogP contribution in [0.2, 0.25) is 0 Å². The monoisotopic (exact) mass is 266 g/mol. The lowest BCUT2D eigenvalue weighted by Gasteiger charge is -2.06. The summed E-state index contributed by atoms with van der Waals surface area (Å²) in [6.45, 7) is 0.682. The fourth-order valence-corrected chi connectivity index (χ4v) is 1.85. The Kier molecular flexibility index (Phi) is 3.28. The number of aromatic amines is 1. The molecule has 1 aromatic carbocycles. The molecule has 2 aromatic heterocycles. The number of rotatable bonds is 4. The topological polar surface area (TPSA) is 92.5 Å². The third kappa shape index (κ3) is 2.74. The minimum absolute atomic E-state index is 0.416. The normalized spacial score (nSPS) is 10.4. The predicted octanol–water partition coefficient (Wildman–Crippen LogP) is 2.06. The van der Waals surface area contributed by atoms with Gasteiger partial charge in [-0.25, -0.2) is 0 Å². The standard InChI is InChI=1S/C14H14N6/c15-13-5-6-14(20-19-13)16-9-10-1-3-11(4-2-10)12-7-8-17-18-12/h1-8H,9H2,(H2,15,19)(H,16,20)(H,17,18). The summed E-state index contributed by atoms with van der Waals surface area (Å²) >= 11 is 0. The van der Waals surface area contributed by atoms with Crippen LogP contribution in [0.4, 0.5) is 11.6 Å². The molecule has 0 atom stereocenters. The first-order chi connectivity index (χ1) is 9.81. The summed E-state index contributed by atoms with van der Waals surface area (Å²) in [6.07, 6.45) is 1.74. The summed E-state index contributed by atoms with van der Waals surface area (Å²) in [5.41, 5.74) is 8.76. The number of nitrogens with zero attached hydrogens (tertiary/aromatic N) is 3. The lowest BCUT2D eigenvalue weighted by molar-refractivity contribution is 1.01. The van der Waals surface area contributed by atoms with Crippen molar-refractivity contribution in [2.75, 3.05) is 11.1 Å². The molecule has 0 fully saturated rings. The molecule has 0 bridgehead atoms. The van der Waals surface area contributed by atoms with Crippen LogP contribution in [0.3, 0.4) is 0 Å². The molecule has 0 spiro atoms. The Bertz CT molecular complexity index is 658. The van der Waals surface area contributed by atoms with Crippen LogP contribution in [0.25, 0.3) is 11.3 Å².